The van der Waals surface area contributed by atoms with E-state index in [1.54, 1.807) is 6.07 Å². The van der Waals surface area contributed by atoms with Crippen molar-refractivity contribution in [1.29, 1.82) is 0 Å². The average Bonchev–Trinajstić information content (AvgIpc) is 2.34. The lowest BCUT2D eigenvalue weighted by Gasteiger charge is -1.96. The van der Waals surface area contributed by atoms with Gasteiger partial charge in [0.2, 0.25) is 0 Å². The molecule has 0 saturated carbocycles. The lowest BCUT2D eigenvalue weighted by Crippen LogP contribution is -1.91. The summed E-state index contributed by atoms with van der Waals surface area (Å²) in [7, 11) is 0. The second-order valence-corrected chi connectivity index (χ2v) is 3.39. The van der Waals surface area contributed by atoms with Gasteiger partial charge in [-0.3, -0.25) is 4.79 Å². The highest BCUT2D eigenvalue weighted by Crippen LogP contribution is 2.10. The summed E-state index contributed by atoms with van der Waals surface area (Å²) in [6.07, 6.45) is 0.775. The van der Waals surface area contributed by atoms with Crippen LogP contribution in [0.15, 0.2) is 10.6 Å². The van der Waals surface area contributed by atoms with Gasteiger partial charge in [0.05, 0.1) is 0 Å². The van der Waals surface area contributed by atoms with Gasteiger partial charge >= 0.3 is 0 Å². The molecule has 0 aliphatic carbocycles. The van der Waals surface area contributed by atoms with Crippen LogP contribution in [0.3, 0.4) is 0 Å². The van der Waals surface area contributed by atoms with Gasteiger partial charge in [-0.15, -0.1) is 0 Å². The van der Waals surface area contributed by atoms with Crippen LogP contribution in [0.5, 0.6) is 0 Å². The molecule has 66 valence electrons. The number of aromatic nitrogens is 1. The number of hydrogen-bond donors (Lipinski definition) is 0. The molecule has 1 aromatic heterocycles. The number of halogens is 1. The minimum Gasteiger partial charge on any atom is -0.361 e. The van der Waals surface area contributed by atoms with Gasteiger partial charge in [-0.2, -0.15) is 0 Å². The van der Waals surface area contributed by atoms with E-state index in [0.29, 0.717) is 11.7 Å². The zero-order valence-corrected chi connectivity index (χ0v) is 7.76. The van der Waals surface area contributed by atoms with Gasteiger partial charge in [0.15, 0.2) is 5.69 Å². The maximum Gasteiger partial charge on any atom is 0.274 e. The maximum absolute atomic E-state index is 10.6. The first kappa shape index (κ1) is 9.26. The molecule has 1 heterocycles. The summed E-state index contributed by atoms with van der Waals surface area (Å²) in [6, 6.07) is 1.58. The summed E-state index contributed by atoms with van der Waals surface area (Å²) in [5.74, 6) is 1.19. The molecule has 0 spiro atoms. The lowest BCUT2D eigenvalue weighted by molar-refractivity contribution is 0.107. The fourth-order valence-electron chi connectivity index (χ4n) is 0.904. The molecule has 0 aliphatic heterocycles. The molecule has 0 N–H and O–H groups in total. The van der Waals surface area contributed by atoms with Gasteiger partial charge < -0.3 is 4.52 Å². The Balaban J connectivity index is 2.71. The van der Waals surface area contributed by atoms with Crippen molar-refractivity contribution in [3.63, 3.8) is 0 Å². The molecule has 0 amide bonds. The van der Waals surface area contributed by atoms with Crippen LogP contribution in [-0.2, 0) is 6.42 Å². The minimum absolute atomic E-state index is 0.187. The molecular weight excluding hydrogens is 178 g/mol. The number of carbonyl (C=O) groups excluding carboxylic acids is 1. The Morgan fingerprint density at radius 1 is 1.75 bits per heavy atom. The van der Waals surface area contributed by atoms with Crippen LogP contribution in [-0.4, -0.2) is 10.4 Å². The van der Waals surface area contributed by atoms with Gasteiger partial charge in [0.1, 0.15) is 5.76 Å². The van der Waals surface area contributed by atoms with E-state index in [1.165, 1.54) is 0 Å². The van der Waals surface area contributed by atoms with Gasteiger partial charge in [-0.1, -0.05) is 19.0 Å². The largest absolute Gasteiger partial charge is 0.361 e. The molecule has 0 radical (unpaired) electrons. The third-order valence-electron chi connectivity index (χ3n) is 1.37. The highest BCUT2D eigenvalue weighted by atomic mass is 35.5. The van der Waals surface area contributed by atoms with Crippen molar-refractivity contribution in [3.8, 4) is 0 Å². The normalized spacial score (nSPS) is 10.7. The van der Waals surface area contributed by atoms with Gasteiger partial charge in [-0.05, 0) is 17.5 Å². The first-order chi connectivity index (χ1) is 5.59. The van der Waals surface area contributed by atoms with E-state index in [-0.39, 0.29) is 5.69 Å². The van der Waals surface area contributed by atoms with Crippen molar-refractivity contribution in [1.82, 2.24) is 5.16 Å². The van der Waals surface area contributed by atoms with Crippen molar-refractivity contribution >= 4 is 16.8 Å². The third kappa shape index (κ3) is 2.34. The molecular formula is C8H10ClNO2. The second kappa shape index (κ2) is 3.72. The van der Waals surface area contributed by atoms with Crippen LogP contribution in [0.25, 0.3) is 0 Å². The quantitative estimate of drug-likeness (QED) is 0.682. The predicted molar refractivity (Wildman–Crippen MR) is 45.2 cm³/mol. The number of carbonyl (C=O) groups is 1. The zero-order valence-electron chi connectivity index (χ0n) is 7.00. The number of rotatable bonds is 3. The van der Waals surface area contributed by atoms with Crippen LogP contribution in [0, 0.1) is 5.92 Å². The highest BCUT2D eigenvalue weighted by Gasteiger charge is 2.10. The standard InChI is InChI=1S/C8H10ClNO2/c1-5(2)3-6-4-7(8(9)11)10-12-6/h4-5H,3H2,1-2H3. The molecule has 1 rings (SSSR count). The molecule has 4 heteroatoms. The molecule has 3 nitrogen and oxygen atoms in total. The zero-order chi connectivity index (χ0) is 9.14. The van der Waals surface area contributed by atoms with Gasteiger partial charge in [0.25, 0.3) is 5.24 Å². The minimum atomic E-state index is -0.575. The topological polar surface area (TPSA) is 43.1 Å². The molecule has 0 aromatic carbocycles. The van der Waals surface area contributed by atoms with E-state index in [0.717, 1.165) is 6.42 Å². The van der Waals surface area contributed by atoms with Crippen molar-refractivity contribution in [2.24, 2.45) is 5.92 Å². The molecule has 0 atom stereocenters. The van der Waals surface area contributed by atoms with Crippen molar-refractivity contribution in [2.45, 2.75) is 20.3 Å². The Labute approximate surface area is 75.7 Å². The van der Waals surface area contributed by atoms with Gasteiger partial charge in [-0.25, -0.2) is 0 Å². The van der Waals surface area contributed by atoms with E-state index in [2.05, 4.69) is 19.0 Å². The van der Waals surface area contributed by atoms with Crippen molar-refractivity contribution < 1.29 is 9.32 Å². The van der Waals surface area contributed by atoms with Crippen LogP contribution in [0.2, 0.25) is 0 Å². The van der Waals surface area contributed by atoms with E-state index in [9.17, 15) is 4.79 Å². The van der Waals surface area contributed by atoms with Crippen LogP contribution < -0.4 is 0 Å². The van der Waals surface area contributed by atoms with E-state index < -0.39 is 5.24 Å². The van der Waals surface area contributed by atoms with E-state index in [1.807, 2.05) is 0 Å². The first-order valence-corrected chi connectivity index (χ1v) is 4.13. The summed E-state index contributed by atoms with van der Waals surface area (Å²) in [6.45, 7) is 4.12. The van der Waals surface area contributed by atoms with E-state index >= 15 is 0 Å². The summed E-state index contributed by atoms with van der Waals surface area (Å²) < 4.78 is 4.88. The monoisotopic (exact) mass is 187 g/mol. The number of nitrogens with zero attached hydrogens (tertiary/aromatic N) is 1. The lowest BCUT2D eigenvalue weighted by atomic mass is 10.1. The predicted octanol–water partition coefficient (Wildman–Crippen LogP) is 2.25. The smallest absolute Gasteiger partial charge is 0.274 e. The third-order valence-corrected chi connectivity index (χ3v) is 1.56. The Morgan fingerprint density at radius 2 is 2.42 bits per heavy atom. The molecule has 0 unspecified atom stereocenters. The van der Waals surface area contributed by atoms with Crippen molar-refractivity contribution in [2.75, 3.05) is 0 Å². The Kier molecular flexibility index (Phi) is 2.87. The van der Waals surface area contributed by atoms with Crippen molar-refractivity contribution in [3.05, 3.63) is 17.5 Å². The summed E-state index contributed by atoms with van der Waals surface area (Å²) >= 11 is 5.19. The van der Waals surface area contributed by atoms with Crippen LogP contribution in [0.1, 0.15) is 30.1 Å². The summed E-state index contributed by atoms with van der Waals surface area (Å²) in [4.78, 5) is 10.6. The SMILES string of the molecule is CC(C)Cc1cc(C(=O)Cl)no1. The molecule has 0 saturated heterocycles. The Bertz CT molecular complexity index is 280. The molecule has 12 heavy (non-hydrogen) atoms. The fraction of sp³-hybridized carbons (Fsp3) is 0.500. The highest BCUT2D eigenvalue weighted by molar-refractivity contribution is 6.67. The Hall–Kier alpha value is -0.830. The average molecular weight is 188 g/mol. The second-order valence-electron chi connectivity index (χ2n) is 3.05. The van der Waals surface area contributed by atoms with E-state index in [4.69, 9.17) is 16.1 Å². The summed E-state index contributed by atoms with van der Waals surface area (Å²) in [5.41, 5.74) is 0.187. The summed E-state index contributed by atoms with van der Waals surface area (Å²) in [5, 5.41) is 2.94. The Morgan fingerprint density at radius 3 is 2.83 bits per heavy atom. The van der Waals surface area contributed by atoms with Crippen LogP contribution >= 0.6 is 11.6 Å². The van der Waals surface area contributed by atoms with Crippen LogP contribution in [0.4, 0.5) is 0 Å². The fourth-order valence-corrected chi connectivity index (χ4v) is 0.993. The first-order valence-electron chi connectivity index (χ1n) is 3.75. The van der Waals surface area contributed by atoms with Gasteiger partial charge in [0, 0.05) is 12.5 Å². The maximum atomic E-state index is 10.6. The molecule has 1 aromatic rings. The molecule has 0 fully saturated rings. The molecule has 0 aliphatic rings. The molecule has 0 bridgehead atoms. The number of hydrogen-bond acceptors (Lipinski definition) is 3.